The molecule has 0 N–H and O–H groups in total. The molecular weight excluding hydrogens is 418 g/mol. The van der Waals surface area contributed by atoms with Gasteiger partial charge in [0.2, 0.25) is 17.5 Å². The predicted molar refractivity (Wildman–Crippen MR) is 110 cm³/mol. The molecule has 1 aliphatic heterocycles. The van der Waals surface area contributed by atoms with Gasteiger partial charge in [-0.25, -0.2) is 9.97 Å². The number of piperazine rings is 1. The van der Waals surface area contributed by atoms with Gasteiger partial charge in [0.1, 0.15) is 6.07 Å². The number of nitrogens with zero attached hydrogens (tertiary/aromatic N) is 5. The Morgan fingerprint density at radius 2 is 2.14 bits per heavy atom. The number of benzene rings is 1. The molecule has 3 aromatic rings. The number of carbonyl (C=O) groups is 1. The van der Waals surface area contributed by atoms with E-state index in [0.29, 0.717) is 54.4 Å². The van der Waals surface area contributed by atoms with Gasteiger partial charge >= 0.3 is 0 Å². The van der Waals surface area contributed by atoms with Crippen LogP contribution in [0, 0.1) is 18.3 Å². The van der Waals surface area contributed by atoms with Crippen LogP contribution in [0.2, 0.25) is 5.02 Å². The smallest absolute Gasteiger partial charge is 0.234 e. The number of fused-ring (bicyclic) bond motifs is 1. The van der Waals surface area contributed by atoms with Crippen LogP contribution in [0.1, 0.15) is 11.6 Å². The number of aryl methyl sites for hydroxylation is 1. The van der Waals surface area contributed by atoms with Crippen LogP contribution in [0.25, 0.3) is 10.2 Å². The van der Waals surface area contributed by atoms with Gasteiger partial charge in [-0.2, -0.15) is 5.26 Å². The van der Waals surface area contributed by atoms with Crippen LogP contribution in [0.5, 0.6) is 0 Å². The summed E-state index contributed by atoms with van der Waals surface area (Å²) in [5.41, 5.74) is 1.15. The van der Waals surface area contributed by atoms with Crippen LogP contribution in [-0.4, -0.2) is 52.7 Å². The molecule has 0 aliphatic carbocycles. The number of aromatic nitrogens is 2. The van der Waals surface area contributed by atoms with Crippen molar-refractivity contribution in [1.82, 2.24) is 14.9 Å². The summed E-state index contributed by atoms with van der Waals surface area (Å²) in [6, 6.07) is 7.68. The third kappa shape index (κ3) is 3.94. The molecular formula is C18H16ClN5O2S2. The van der Waals surface area contributed by atoms with Gasteiger partial charge in [0.25, 0.3) is 0 Å². The summed E-state index contributed by atoms with van der Waals surface area (Å²) in [7, 11) is 0. The lowest BCUT2D eigenvalue weighted by molar-refractivity contribution is -0.128. The number of nitriles is 1. The van der Waals surface area contributed by atoms with E-state index in [1.54, 1.807) is 18.3 Å². The molecule has 1 aromatic carbocycles. The second kappa shape index (κ2) is 7.99. The molecule has 4 rings (SSSR count). The van der Waals surface area contributed by atoms with Crippen LogP contribution < -0.4 is 4.90 Å². The third-order valence-corrected chi connectivity index (χ3v) is 6.79. The monoisotopic (exact) mass is 433 g/mol. The lowest BCUT2D eigenvalue weighted by Crippen LogP contribution is -2.49. The zero-order chi connectivity index (χ0) is 19.7. The minimum atomic E-state index is 0.0798. The van der Waals surface area contributed by atoms with Crippen molar-refractivity contribution in [2.45, 2.75) is 11.3 Å². The Balaban J connectivity index is 1.33. The van der Waals surface area contributed by atoms with Gasteiger partial charge in [0.05, 0.1) is 16.0 Å². The van der Waals surface area contributed by atoms with E-state index in [1.807, 2.05) is 28.0 Å². The lowest BCUT2D eigenvalue weighted by atomic mass is 10.3. The standard InChI is InChI=1S/C18H16ClN5O2S2/c1-11-21-14(9-20)17(26-11)24-6-4-23(5-7-24)16(25)10-27-18-22-13-8-12(19)2-3-15(13)28-18/h2-3,8H,4-7,10H2,1H3. The topological polar surface area (TPSA) is 86.3 Å². The van der Waals surface area contributed by atoms with E-state index in [0.717, 1.165) is 14.6 Å². The van der Waals surface area contributed by atoms with E-state index in [1.165, 1.54) is 11.8 Å². The third-order valence-electron chi connectivity index (χ3n) is 4.39. The van der Waals surface area contributed by atoms with E-state index in [-0.39, 0.29) is 5.91 Å². The fourth-order valence-corrected chi connectivity index (χ4v) is 5.14. The molecule has 2 aromatic heterocycles. The molecule has 1 amide bonds. The summed E-state index contributed by atoms with van der Waals surface area (Å²) in [5, 5.41) is 9.83. The van der Waals surface area contributed by atoms with E-state index in [4.69, 9.17) is 21.3 Å². The second-order valence-corrected chi connectivity index (χ2v) is 8.94. The zero-order valence-corrected chi connectivity index (χ0v) is 17.4. The molecule has 0 spiro atoms. The molecule has 0 unspecified atom stereocenters. The summed E-state index contributed by atoms with van der Waals surface area (Å²) in [6.07, 6.45) is 0. The van der Waals surface area contributed by atoms with Crippen molar-refractivity contribution < 1.29 is 9.21 Å². The van der Waals surface area contributed by atoms with Gasteiger partial charge in [-0.15, -0.1) is 11.3 Å². The first-order chi connectivity index (χ1) is 13.5. The Labute approximate surface area is 174 Å². The Kier molecular flexibility index (Phi) is 5.44. The number of hydrogen-bond acceptors (Lipinski definition) is 8. The molecule has 144 valence electrons. The molecule has 0 atom stereocenters. The van der Waals surface area contributed by atoms with Gasteiger partial charge in [0.15, 0.2) is 10.2 Å². The van der Waals surface area contributed by atoms with Gasteiger partial charge < -0.3 is 14.2 Å². The van der Waals surface area contributed by atoms with Crippen LogP contribution in [0.4, 0.5) is 5.88 Å². The number of amides is 1. The summed E-state index contributed by atoms with van der Waals surface area (Å²) in [6.45, 7) is 4.11. The highest BCUT2D eigenvalue weighted by Crippen LogP contribution is 2.31. The van der Waals surface area contributed by atoms with Crippen LogP contribution in [0.15, 0.2) is 27.0 Å². The summed E-state index contributed by atoms with van der Waals surface area (Å²) < 4.78 is 7.47. The van der Waals surface area contributed by atoms with Crippen molar-refractivity contribution in [2.75, 3.05) is 36.8 Å². The highest BCUT2D eigenvalue weighted by atomic mass is 35.5. The van der Waals surface area contributed by atoms with Crippen LogP contribution in [0.3, 0.4) is 0 Å². The molecule has 3 heterocycles. The van der Waals surface area contributed by atoms with Crippen molar-refractivity contribution >= 4 is 56.7 Å². The number of oxazole rings is 1. The average molecular weight is 434 g/mol. The summed E-state index contributed by atoms with van der Waals surface area (Å²) in [5.74, 6) is 1.39. The molecule has 28 heavy (non-hydrogen) atoms. The fraction of sp³-hybridized carbons (Fsp3) is 0.333. The van der Waals surface area contributed by atoms with Crippen LogP contribution >= 0.6 is 34.7 Å². The number of halogens is 1. The molecule has 7 nitrogen and oxygen atoms in total. The van der Waals surface area contributed by atoms with Gasteiger partial charge in [0, 0.05) is 38.1 Å². The second-order valence-electron chi connectivity index (χ2n) is 6.25. The Bertz CT molecular complexity index is 1070. The minimum Gasteiger partial charge on any atom is -0.424 e. The maximum absolute atomic E-state index is 12.6. The Morgan fingerprint density at radius 3 is 2.89 bits per heavy atom. The minimum absolute atomic E-state index is 0.0798. The van der Waals surface area contributed by atoms with Crippen molar-refractivity contribution in [3.05, 3.63) is 34.8 Å². The quantitative estimate of drug-likeness (QED) is 0.581. The number of rotatable bonds is 4. The lowest BCUT2D eigenvalue weighted by Gasteiger charge is -2.34. The van der Waals surface area contributed by atoms with Gasteiger partial charge in [-0.05, 0) is 18.2 Å². The van der Waals surface area contributed by atoms with Crippen molar-refractivity contribution in [3.63, 3.8) is 0 Å². The van der Waals surface area contributed by atoms with E-state index in [9.17, 15) is 4.79 Å². The first kappa shape index (κ1) is 19.1. The molecule has 1 saturated heterocycles. The average Bonchev–Trinajstić information content (AvgIpc) is 3.28. The normalized spacial score (nSPS) is 14.5. The van der Waals surface area contributed by atoms with E-state index < -0.39 is 0 Å². The SMILES string of the molecule is Cc1nc(C#N)c(N2CCN(C(=O)CSc3nc4cc(Cl)ccc4s3)CC2)o1. The Morgan fingerprint density at radius 1 is 1.36 bits per heavy atom. The molecule has 10 heteroatoms. The number of thiazole rings is 1. The Hall–Kier alpha value is -2.28. The van der Waals surface area contributed by atoms with Crippen molar-refractivity contribution in [2.24, 2.45) is 0 Å². The number of carbonyl (C=O) groups excluding carboxylic acids is 1. The van der Waals surface area contributed by atoms with Crippen molar-refractivity contribution in [3.8, 4) is 6.07 Å². The van der Waals surface area contributed by atoms with E-state index >= 15 is 0 Å². The predicted octanol–water partition coefficient (Wildman–Crippen LogP) is 3.56. The summed E-state index contributed by atoms with van der Waals surface area (Å²) >= 11 is 9.01. The zero-order valence-electron chi connectivity index (χ0n) is 15.0. The molecule has 1 aliphatic rings. The maximum Gasteiger partial charge on any atom is 0.234 e. The largest absolute Gasteiger partial charge is 0.424 e. The van der Waals surface area contributed by atoms with E-state index in [2.05, 4.69) is 16.0 Å². The summed E-state index contributed by atoms with van der Waals surface area (Å²) in [4.78, 5) is 25.0. The molecule has 0 radical (unpaired) electrons. The number of anilines is 1. The van der Waals surface area contributed by atoms with Gasteiger partial charge in [-0.1, -0.05) is 23.4 Å². The first-order valence-corrected chi connectivity index (χ1v) is 10.8. The fourth-order valence-electron chi connectivity index (χ4n) is 3.02. The number of thioether (sulfide) groups is 1. The highest BCUT2D eigenvalue weighted by molar-refractivity contribution is 8.01. The molecule has 0 saturated carbocycles. The van der Waals surface area contributed by atoms with Crippen molar-refractivity contribution in [1.29, 1.82) is 5.26 Å². The number of hydrogen-bond donors (Lipinski definition) is 0. The first-order valence-electron chi connectivity index (χ1n) is 8.62. The van der Waals surface area contributed by atoms with Gasteiger partial charge in [-0.3, -0.25) is 4.79 Å². The molecule has 1 fully saturated rings. The van der Waals surface area contributed by atoms with Crippen LogP contribution in [-0.2, 0) is 4.79 Å². The highest BCUT2D eigenvalue weighted by Gasteiger charge is 2.25. The molecule has 0 bridgehead atoms. The maximum atomic E-state index is 12.6.